The van der Waals surface area contributed by atoms with Crippen LogP contribution < -0.4 is 16.2 Å². The number of amides is 1. The van der Waals surface area contributed by atoms with Gasteiger partial charge in [-0.05, 0) is 79.4 Å². The van der Waals surface area contributed by atoms with Crippen LogP contribution in [0.1, 0.15) is 47.2 Å². The zero-order valence-electron chi connectivity index (χ0n) is 15.4. The molecule has 0 saturated carbocycles. The van der Waals surface area contributed by atoms with Gasteiger partial charge in [0.15, 0.2) is 10.9 Å². The number of nitrogens with one attached hydrogen (secondary N) is 3. The van der Waals surface area contributed by atoms with Crippen molar-refractivity contribution in [2.75, 3.05) is 5.32 Å². The highest BCUT2D eigenvalue weighted by Crippen LogP contribution is 2.22. The van der Waals surface area contributed by atoms with E-state index < -0.39 is 0 Å². The molecule has 0 atom stereocenters. The summed E-state index contributed by atoms with van der Waals surface area (Å²) in [6.07, 6.45) is 4.63. The van der Waals surface area contributed by atoms with Gasteiger partial charge in [-0.25, -0.2) is 4.39 Å². The molecule has 0 aliphatic heterocycles. The van der Waals surface area contributed by atoms with Crippen LogP contribution in [-0.2, 0) is 17.6 Å². The van der Waals surface area contributed by atoms with Gasteiger partial charge in [-0.3, -0.25) is 20.4 Å². The highest BCUT2D eigenvalue weighted by atomic mass is 32.1. The summed E-state index contributed by atoms with van der Waals surface area (Å²) in [5, 5.41) is 2.98. The lowest BCUT2D eigenvalue weighted by Crippen LogP contribution is -2.43. The van der Waals surface area contributed by atoms with Gasteiger partial charge in [-0.15, -0.1) is 0 Å². The quantitative estimate of drug-likeness (QED) is 0.406. The minimum absolute atomic E-state index is 0.0458. The number of ketones is 1. The average molecular weight is 399 g/mol. The molecule has 7 heteroatoms. The third-order valence-corrected chi connectivity index (χ3v) is 4.87. The van der Waals surface area contributed by atoms with E-state index in [1.807, 2.05) is 18.2 Å². The van der Waals surface area contributed by atoms with E-state index in [0.29, 0.717) is 11.3 Å². The standard InChI is InChI=1S/C21H22FN3O2S/c22-17-7-9-18(10-8-17)23-21(28)25-24-20(27)12-11-19(26)16-6-5-14-3-1-2-4-15(14)13-16/h5-10,13H,1-4,11-12H2,(H,24,27)(H2,23,25,28). The van der Waals surface area contributed by atoms with E-state index in [9.17, 15) is 14.0 Å². The van der Waals surface area contributed by atoms with Gasteiger partial charge < -0.3 is 5.32 Å². The van der Waals surface area contributed by atoms with Gasteiger partial charge >= 0.3 is 0 Å². The first-order valence-corrected chi connectivity index (χ1v) is 9.68. The highest BCUT2D eigenvalue weighted by Gasteiger charge is 2.14. The normalized spacial score (nSPS) is 12.6. The second kappa shape index (κ2) is 9.41. The molecule has 0 aromatic heterocycles. The Labute approximate surface area is 168 Å². The highest BCUT2D eigenvalue weighted by molar-refractivity contribution is 7.80. The van der Waals surface area contributed by atoms with Crippen LogP contribution in [0.15, 0.2) is 42.5 Å². The molecule has 1 aliphatic carbocycles. The Balaban J connectivity index is 1.41. The lowest BCUT2D eigenvalue weighted by molar-refractivity contribution is -0.121. The Morgan fingerprint density at radius 2 is 1.64 bits per heavy atom. The summed E-state index contributed by atoms with van der Waals surface area (Å²) in [7, 11) is 0. The molecule has 1 aliphatic rings. The van der Waals surface area contributed by atoms with Crippen molar-refractivity contribution in [1.82, 2.24) is 10.9 Å². The van der Waals surface area contributed by atoms with Gasteiger partial charge in [0.1, 0.15) is 5.82 Å². The molecule has 1 amide bonds. The number of aryl methyl sites for hydroxylation is 2. The van der Waals surface area contributed by atoms with Crippen LogP contribution in [0.2, 0.25) is 0 Å². The minimum atomic E-state index is -0.346. The van der Waals surface area contributed by atoms with Gasteiger partial charge in [0.2, 0.25) is 5.91 Å². The number of fused-ring (bicyclic) bond motifs is 1. The number of hydrogen-bond donors (Lipinski definition) is 3. The summed E-state index contributed by atoms with van der Waals surface area (Å²) in [6, 6.07) is 11.5. The Hall–Kier alpha value is -2.80. The van der Waals surface area contributed by atoms with Crippen LogP contribution in [0.4, 0.5) is 10.1 Å². The van der Waals surface area contributed by atoms with E-state index in [4.69, 9.17) is 12.2 Å². The number of carbonyl (C=O) groups excluding carboxylic acids is 2. The molecular weight excluding hydrogens is 377 g/mol. The molecule has 3 N–H and O–H groups in total. The van der Waals surface area contributed by atoms with Gasteiger partial charge in [-0.1, -0.05) is 12.1 Å². The predicted molar refractivity (Wildman–Crippen MR) is 111 cm³/mol. The van der Waals surface area contributed by atoms with Crippen molar-refractivity contribution in [3.05, 3.63) is 65.0 Å². The van der Waals surface area contributed by atoms with E-state index in [0.717, 1.165) is 19.3 Å². The first-order chi connectivity index (χ1) is 13.5. The summed E-state index contributed by atoms with van der Waals surface area (Å²) in [5.74, 6) is -0.730. The molecule has 146 valence electrons. The van der Waals surface area contributed by atoms with Crippen molar-refractivity contribution in [1.29, 1.82) is 0 Å². The molecule has 0 fully saturated rings. The van der Waals surface area contributed by atoms with Crippen LogP contribution in [0.5, 0.6) is 0 Å². The number of benzene rings is 2. The number of hydrazine groups is 1. The maximum absolute atomic E-state index is 12.9. The molecule has 0 unspecified atom stereocenters. The molecule has 28 heavy (non-hydrogen) atoms. The first-order valence-electron chi connectivity index (χ1n) is 9.27. The fourth-order valence-corrected chi connectivity index (χ4v) is 3.33. The largest absolute Gasteiger partial charge is 0.331 e. The minimum Gasteiger partial charge on any atom is -0.331 e. The molecule has 0 bridgehead atoms. The van der Waals surface area contributed by atoms with Crippen molar-refractivity contribution in [2.45, 2.75) is 38.5 Å². The molecule has 2 aromatic carbocycles. The van der Waals surface area contributed by atoms with E-state index in [1.54, 1.807) is 0 Å². The van der Waals surface area contributed by atoms with Crippen LogP contribution in [0, 0.1) is 5.82 Å². The number of carbonyl (C=O) groups is 2. The monoisotopic (exact) mass is 399 g/mol. The summed E-state index contributed by atoms with van der Waals surface area (Å²) in [4.78, 5) is 24.3. The fourth-order valence-electron chi connectivity index (χ4n) is 3.16. The molecule has 0 spiro atoms. The number of Topliss-reactive ketones (excluding diaryl/α,β-unsaturated/α-hetero) is 1. The van der Waals surface area contributed by atoms with Gasteiger partial charge in [0.25, 0.3) is 0 Å². The molecular formula is C21H22FN3O2S. The van der Waals surface area contributed by atoms with Gasteiger partial charge in [0, 0.05) is 24.1 Å². The lowest BCUT2D eigenvalue weighted by atomic mass is 9.89. The summed E-state index contributed by atoms with van der Waals surface area (Å²) >= 11 is 5.06. The maximum atomic E-state index is 12.9. The summed E-state index contributed by atoms with van der Waals surface area (Å²) < 4.78 is 12.9. The second-order valence-electron chi connectivity index (χ2n) is 6.75. The van der Waals surface area contributed by atoms with Gasteiger partial charge in [0.05, 0.1) is 0 Å². The van der Waals surface area contributed by atoms with E-state index in [1.165, 1.54) is 41.8 Å². The van der Waals surface area contributed by atoms with Crippen molar-refractivity contribution >= 4 is 34.7 Å². The zero-order chi connectivity index (χ0) is 19.9. The lowest BCUT2D eigenvalue weighted by Gasteiger charge is -2.16. The maximum Gasteiger partial charge on any atom is 0.238 e. The zero-order valence-corrected chi connectivity index (χ0v) is 16.2. The Kier molecular flexibility index (Phi) is 6.71. The van der Waals surface area contributed by atoms with Crippen LogP contribution in [0.3, 0.4) is 0 Å². The molecule has 2 aromatic rings. The molecule has 0 heterocycles. The first kappa shape index (κ1) is 19.9. The van der Waals surface area contributed by atoms with E-state index in [-0.39, 0.29) is 35.5 Å². The summed E-state index contributed by atoms with van der Waals surface area (Å²) in [6.45, 7) is 0. The van der Waals surface area contributed by atoms with Crippen molar-refractivity contribution in [2.24, 2.45) is 0 Å². The second-order valence-corrected chi connectivity index (χ2v) is 7.16. The Bertz CT molecular complexity index is 884. The summed E-state index contributed by atoms with van der Waals surface area (Å²) in [5.41, 5.74) is 8.85. The number of halogens is 1. The van der Waals surface area contributed by atoms with Crippen molar-refractivity contribution in [3.8, 4) is 0 Å². The molecule has 0 saturated heterocycles. The number of anilines is 1. The average Bonchev–Trinajstić information content (AvgIpc) is 2.71. The smallest absolute Gasteiger partial charge is 0.238 e. The third-order valence-electron chi connectivity index (χ3n) is 4.67. The van der Waals surface area contributed by atoms with E-state index in [2.05, 4.69) is 16.2 Å². The topological polar surface area (TPSA) is 70.2 Å². The van der Waals surface area contributed by atoms with E-state index >= 15 is 0 Å². The molecule has 5 nitrogen and oxygen atoms in total. The number of hydrogen-bond acceptors (Lipinski definition) is 3. The van der Waals surface area contributed by atoms with Crippen LogP contribution in [-0.4, -0.2) is 16.8 Å². The van der Waals surface area contributed by atoms with Crippen molar-refractivity contribution in [3.63, 3.8) is 0 Å². The number of rotatable bonds is 5. The third kappa shape index (κ3) is 5.60. The SMILES string of the molecule is O=C(CCC(=O)c1ccc2c(c1)CCCC2)NNC(=S)Nc1ccc(F)cc1. The molecule has 3 rings (SSSR count). The predicted octanol–water partition coefficient (Wildman–Crippen LogP) is 3.69. The van der Waals surface area contributed by atoms with Crippen molar-refractivity contribution < 1.29 is 14.0 Å². The Morgan fingerprint density at radius 1 is 0.929 bits per heavy atom. The fraction of sp³-hybridized carbons (Fsp3) is 0.286. The number of thiocarbonyl (C=S) groups is 1. The Morgan fingerprint density at radius 3 is 2.39 bits per heavy atom. The van der Waals surface area contributed by atoms with Gasteiger partial charge in [-0.2, -0.15) is 0 Å². The van der Waals surface area contributed by atoms with Crippen LogP contribution in [0.25, 0.3) is 0 Å². The molecule has 0 radical (unpaired) electrons. The van der Waals surface area contributed by atoms with Crippen LogP contribution >= 0.6 is 12.2 Å².